The number of aliphatic carboxylic acids is 1. The van der Waals surface area contributed by atoms with Gasteiger partial charge in [0.25, 0.3) is 0 Å². The smallest absolute Gasteiger partial charge is 0.452 e. The zero-order valence-corrected chi connectivity index (χ0v) is 9.76. The van der Waals surface area contributed by atoms with Crippen LogP contribution in [0.1, 0.15) is 6.42 Å². The van der Waals surface area contributed by atoms with Crippen LogP contribution in [0, 0.1) is 0 Å². The molecule has 1 aliphatic heterocycles. The number of thioether (sulfide) groups is 1. The van der Waals surface area contributed by atoms with E-state index in [0.29, 0.717) is 5.75 Å². The molecule has 88 valence electrons. The molecular weight excluding hydrogens is 240 g/mol. The van der Waals surface area contributed by atoms with E-state index in [0.717, 1.165) is 13.0 Å². The number of halogens is 1. The maximum Gasteiger partial charge on any atom is 0.452 e. The minimum absolute atomic E-state index is 0. The summed E-state index contributed by atoms with van der Waals surface area (Å²) in [6.07, 6.45) is 1.11. The van der Waals surface area contributed by atoms with Crippen LogP contribution in [0.4, 0.5) is 0 Å². The highest BCUT2D eigenvalue weighted by Gasteiger charge is 2.32. The molecule has 5 nitrogen and oxygen atoms in total. The summed E-state index contributed by atoms with van der Waals surface area (Å²) in [6, 6.07) is -0.490. The van der Waals surface area contributed by atoms with E-state index in [1.54, 1.807) is 0 Å². The molecule has 15 heavy (non-hydrogen) atoms. The zero-order valence-electron chi connectivity index (χ0n) is 8.13. The number of carbonyl (C=O) groups is 1. The van der Waals surface area contributed by atoms with Crippen molar-refractivity contribution in [2.24, 2.45) is 0 Å². The van der Waals surface area contributed by atoms with Gasteiger partial charge in [-0.05, 0) is 25.0 Å². The third kappa shape index (κ3) is 5.08. The van der Waals surface area contributed by atoms with Gasteiger partial charge in [-0.25, -0.2) is 0 Å². The fraction of sp³-hybridized carbons (Fsp3) is 0.857. The zero-order chi connectivity index (χ0) is 10.6. The number of rotatable bonds is 5. The lowest BCUT2D eigenvalue weighted by atomic mass is 9.88. The van der Waals surface area contributed by atoms with E-state index in [9.17, 15) is 4.79 Å². The second-order valence-electron chi connectivity index (χ2n) is 3.24. The summed E-state index contributed by atoms with van der Waals surface area (Å²) < 4.78 is 0. The largest absolute Gasteiger partial charge is 0.480 e. The van der Waals surface area contributed by atoms with Crippen molar-refractivity contribution in [3.05, 3.63) is 0 Å². The molecule has 1 aliphatic rings. The average Bonchev–Trinajstić information content (AvgIpc) is 2.51. The molecule has 4 N–H and O–H groups in total. The van der Waals surface area contributed by atoms with Gasteiger partial charge in [0, 0.05) is 5.25 Å². The topological polar surface area (TPSA) is 89.8 Å². The summed E-state index contributed by atoms with van der Waals surface area (Å²) in [4.78, 5) is 10.7. The molecule has 0 aromatic rings. The Kier molecular flexibility index (Phi) is 7.38. The highest BCUT2D eigenvalue weighted by atomic mass is 35.5. The van der Waals surface area contributed by atoms with Gasteiger partial charge < -0.3 is 20.5 Å². The van der Waals surface area contributed by atoms with Crippen LogP contribution in [0.5, 0.6) is 0 Å². The van der Waals surface area contributed by atoms with Crippen molar-refractivity contribution in [3.63, 3.8) is 0 Å². The van der Waals surface area contributed by atoms with Crippen molar-refractivity contribution in [2.45, 2.75) is 24.0 Å². The van der Waals surface area contributed by atoms with E-state index in [2.05, 4.69) is 5.32 Å². The third-order valence-corrected chi connectivity index (χ3v) is 3.55. The number of carboxylic acid groups (broad SMARTS) is 1. The van der Waals surface area contributed by atoms with E-state index in [4.69, 9.17) is 15.2 Å². The minimum Gasteiger partial charge on any atom is -0.480 e. The Bertz CT molecular complexity index is 209. The van der Waals surface area contributed by atoms with Gasteiger partial charge in [0.2, 0.25) is 0 Å². The molecule has 0 aromatic heterocycles. The van der Waals surface area contributed by atoms with E-state index in [1.165, 1.54) is 11.8 Å². The molecule has 0 radical (unpaired) electrons. The lowest BCUT2D eigenvalue weighted by molar-refractivity contribution is -0.138. The minimum atomic E-state index is -1.29. The predicted octanol–water partition coefficient (Wildman–Crippen LogP) is -0.571. The lowest BCUT2D eigenvalue weighted by Gasteiger charge is -2.14. The van der Waals surface area contributed by atoms with E-state index in [1.807, 2.05) is 0 Å². The fourth-order valence-electron chi connectivity index (χ4n) is 1.43. The van der Waals surface area contributed by atoms with Crippen molar-refractivity contribution < 1.29 is 19.9 Å². The molecule has 8 heteroatoms. The second-order valence-corrected chi connectivity index (χ2v) is 4.58. The van der Waals surface area contributed by atoms with Crippen LogP contribution in [-0.2, 0) is 4.79 Å². The Labute approximate surface area is 99.2 Å². The first-order chi connectivity index (χ1) is 6.61. The molecule has 0 aromatic carbocycles. The van der Waals surface area contributed by atoms with E-state index >= 15 is 0 Å². The molecule has 0 bridgehead atoms. The van der Waals surface area contributed by atoms with Crippen LogP contribution in [0.3, 0.4) is 0 Å². The van der Waals surface area contributed by atoms with Gasteiger partial charge in [-0.1, -0.05) is 0 Å². The molecule has 2 atom stereocenters. The number of hydrogen-bond acceptors (Lipinski definition) is 5. The maximum absolute atomic E-state index is 10.7. The van der Waals surface area contributed by atoms with E-state index < -0.39 is 19.1 Å². The monoisotopic (exact) mass is 255 g/mol. The summed E-state index contributed by atoms with van der Waals surface area (Å²) >= 11 is 1.49. The molecule has 0 amide bonds. The SMILES string of the molecule is Cl.O=C(O)[C@H]1NCC[C@H]1SCCB(O)O. The molecule has 0 spiro atoms. The summed E-state index contributed by atoms with van der Waals surface area (Å²) in [6.45, 7) is 0.719. The van der Waals surface area contributed by atoms with Gasteiger partial charge in [-0.15, -0.1) is 12.4 Å². The highest BCUT2D eigenvalue weighted by molar-refractivity contribution is 8.00. The Hall–Kier alpha value is 0.0549. The first kappa shape index (κ1) is 15.1. The van der Waals surface area contributed by atoms with Gasteiger partial charge in [0.1, 0.15) is 6.04 Å². The molecule has 1 fully saturated rings. The van der Waals surface area contributed by atoms with Crippen LogP contribution in [0.25, 0.3) is 0 Å². The van der Waals surface area contributed by atoms with Gasteiger partial charge in [-0.2, -0.15) is 11.8 Å². The van der Waals surface area contributed by atoms with Gasteiger partial charge in [-0.3, -0.25) is 4.79 Å². The second kappa shape index (κ2) is 7.35. The van der Waals surface area contributed by atoms with Crippen molar-refractivity contribution in [3.8, 4) is 0 Å². The molecule has 0 unspecified atom stereocenters. The van der Waals surface area contributed by atoms with Gasteiger partial charge in [0.15, 0.2) is 0 Å². The Balaban J connectivity index is 0.00000196. The van der Waals surface area contributed by atoms with Crippen molar-refractivity contribution in [1.82, 2.24) is 5.32 Å². The molecular formula is C7H15BClNO4S. The number of nitrogens with one attached hydrogen (secondary N) is 1. The van der Waals surface area contributed by atoms with Crippen LogP contribution in [0.2, 0.25) is 6.32 Å². The average molecular weight is 256 g/mol. The van der Waals surface area contributed by atoms with Crippen molar-refractivity contribution >= 4 is 37.3 Å². The Morgan fingerprint density at radius 1 is 1.53 bits per heavy atom. The van der Waals surface area contributed by atoms with Crippen molar-refractivity contribution in [2.75, 3.05) is 12.3 Å². The number of carboxylic acids is 1. The van der Waals surface area contributed by atoms with E-state index in [-0.39, 0.29) is 24.0 Å². The summed E-state index contributed by atoms with van der Waals surface area (Å²) in [5.41, 5.74) is 0. The normalized spacial score (nSPS) is 24.7. The molecule has 0 saturated carbocycles. The Morgan fingerprint density at radius 2 is 2.20 bits per heavy atom. The van der Waals surface area contributed by atoms with Crippen LogP contribution < -0.4 is 5.32 Å². The number of hydrogen-bond donors (Lipinski definition) is 4. The summed E-state index contributed by atoms with van der Waals surface area (Å²) in [5.74, 6) is -0.252. The summed E-state index contributed by atoms with van der Waals surface area (Å²) in [5, 5.41) is 29.0. The first-order valence-electron chi connectivity index (χ1n) is 4.55. The lowest BCUT2D eigenvalue weighted by Crippen LogP contribution is -2.37. The fourth-order valence-corrected chi connectivity index (χ4v) is 2.77. The Morgan fingerprint density at radius 3 is 2.73 bits per heavy atom. The van der Waals surface area contributed by atoms with Gasteiger partial charge in [0.05, 0.1) is 0 Å². The molecule has 1 heterocycles. The molecule has 1 rings (SSSR count). The van der Waals surface area contributed by atoms with Crippen LogP contribution >= 0.6 is 24.2 Å². The highest BCUT2D eigenvalue weighted by Crippen LogP contribution is 2.23. The maximum atomic E-state index is 10.7. The summed E-state index contributed by atoms with van der Waals surface area (Å²) in [7, 11) is -1.29. The quantitative estimate of drug-likeness (QED) is 0.492. The van der Waals surface area contributed by atoms with Crippen LogP contribution in [0.15, 0.2) is 0 Å². The predicted molar refractivity (Wildman–Crippen MR) is 62.5 cm³/mol. The van der Waals surface area contributed by atoms with Gasteiger partial charge >= 0.3 is 13.1 Å². The standard InChI is InChI=1S/C7H14BNO4S.ClH/c10-7(11)6-5(1-3-9-6)14-4-2-8(12)13;/h5-6,9,12-13H,1-4H2,(H,10,11);1H/t5-,6+;/m1./s1. The van der Waals surface area contributed by atoms with Crippen molar-refractivity contribution in [1.29, 1.82) is 0 Å². The molecule has 0 aliphatic carbocycles. The first-order valence-corrected chi connectivity index (χ1v) is 5.60. The van der Waals surface area contributed by atoms with Crippen LogP contribution in [-0.4, -0.2) is 51.8 Å². The molecule has 1 saturated heterocycles. The third-order valence-electron chi connectivity index (χ3n) is 2.14.